The van der Waals surface area contributed by atoms with Crippen LogP contribution in [0.4, 0.5) is 20.4 Å². The maximum atomic E-state index is 14.1. The quantitative estimate of drug-likeness (QED) is 0.790. The molecule has 0 bridgehead atoms. The molecule has 3 rings (SSSR count). The number of hydrogen-bond acceptors (Lipinski definition) is 4. The molecule has 142 valence electrons. The second-order valence-corrected chi connectivity index (χ2v) is 6.55. The van der Waals surface area contributed by atoms with Gasteiger partial charge in [0.15, 0.2) is 0 Å². The van der Waals surface area contributed by atoms with Crippen molar-refractivity contribution in [3.63, 3.8) is 0 Å². The Balaban J connectivity index is 2.03. The minimum Gasteiger partial charge on any atom is -0.490 e. The molecule has 0 unspecified atom stereocenters. The Kier molecular flexibility index (Phi) is 5.60. The molecule has 1 aromatic heterocycles. The number of rotatable bonds is 5. The minimum absolute atomic E-state index is 0.0295. The molecule has 0 saturated carbocycles. The molecule has 8 heteroatoms. The van der Waals surface area contributed by atoms with E-state index in [1.807, 2.05) is 6.92 Å². The van der Waals surface area contributed by atoms with Gasteiger partial charge in [-0.1, -0.05) is 17.7 Å². The molecular formula is C19H18ClF2N3O2. The van der Waals surface area contributed by atoms with Gasteiger partial charge in [-0.05, 0) is 36.6 Å². The van der Waals surface area contributed by atoms with Crippen molar-refractivity contribution in [3.8, 4) is 5.75 Å². The van der Waals surface area contributed by atoms with Crippen LogP contribution in [0.2, 0.25) is 5.02 Å². The van der Waals surface area contributed by atoms with E-state index in [4.69, 9.17) is 16.3 Å². The van der Waals surface area contributed by atoms with E-state index in [0.717, 1.165) is 11.6 Å². The Bertz CT molecular complexity index is 999. The van der Waals surface area contributed by atoms with E-state index in [2.05, 4.69) is 10.3 Å². The lowest BCUT2D eigenvalue weighted by Gasteiger charge is -2.19. The number of ether oxygens (including phenoxy) is 1. The normalized spacial score (nSPS) is 14.2. The summed E-state index contributed by atoms with van der Waals surface area (Å²) >= 11 is 6.14. The molecule has 1 aliphatic rings. The summed E-state index contributed by atoms with van der Waals surface area (Å²) in [7, 11) is 1.36. The van der Waals surface area contributed by atoms with Crippen LogP contribution in [0, 0.1) is 6.92 Å². The van der Waals surface area contributed by atoms with Crippen molar-refractivity contribution >= 4 is 23.2 Å². The van der Waals surface area contributed by atoms with E-state index in [1.54, 1.807) is 22.8 Å². The smallest absolute Gasteiger partial charge is 0.316 e. The van der Waals surface area contributed by atoms with E-state index in [-0.39, 0.29) is 31.1 Å². The second kappa shape index (κ2) is 7.92. The summed E-state index contributed by atoms with van der Waals surface area (Å²) in [5.74, 6) is -0.857. The summed E-state index contributed by atoms with van der Waals surface area (Å²) in [6, 6.07) is 5.31. The fraction of sp³-hybridized carbons (Fsp3) is 0.263. The first kappa shape index (κ1) is 19.1. The van der Waals surface area contributed by atoms with Gasteiger partial charge < -0.3 is 14.6 Å². The standard InChI is InChI=1S/C19H18ClF2N3O2/c1-11-14(20)4-3-5-16(11)23-19-24-18(26)17(27-2)10-25(19)9-12-6-7-13(21)8-15(12)22/h3-5,8,10H,6-7,9H2,1-2H3,(H,23,24,26). The molecule has 1 N–H and O–H groups in total. The lowest BCUT2D eigenvalue weighted by atomic mass is 10.0. The third-order valence-corrected chi connectivity index (χ3v) is 4.75. The van der Waals surface area contributed by atoms with Gasteiger partial charge in [0.1, 0.15) is 11.7 Å². The Morgan fingerprint density at radius 2 is 2.11 bits per heavy atom. The van der Waals surface area contributed by atoms with Crippen molar-refractivity contribution in [1.82, 2.24) is 9.55 Å². The highest BCUT2D eigenvalue weighted by molar-refractivity contribution is 6.31. The second-order valence-electron chi connectivity index (χ2n) is 6.15. The summed E-state index contributed by atoms with van der Waals surface area (Å²) in [5.41, 5.74) is 1.30. The lowest BCUT2D eigenvalue weighted by molar-refractivity contribution is 0.402. The monoisotopic (exact) mass is 393 g/mol. The number of hydrogen-bond donors (Lipinski definition) is 1. The summed E-state index contributed by atoms with van der Waals surface area (Å²) in [4.78, 5) is 16.1. The van der Waals surface area contributed by atoms with E-state index in [1.165, 1.54) is 13.3 Å². The molecule has 1 aromatic carbocycles. The summed E-state index contributed by atoms with van der Waals surface area (Å²) in [6.45, 7) is 1.93. The van der Waals surface area contributed by atoms with Gasteiger partial charge in [-0.3, -0.25) is 4.79 Å². The number of nitrogens with zero attached hydrogens (tertiary/aromatic N) is 2. The van der Waals surface area contributed by atoms with Gasteiger partial charge in [0.2, 0.25) is 11.7 Å². The zero-order valence-electron chi connectivity index (χ0n) is 14.9. The molecule has 0 saturated heterocycles. The van der Waals surface area contributed by atoms with Crippen molar-refractivity contribution in [2.45, 2.75) is 26.3 Å². The van der Waals surface area contributed by atoms with Crippen LogP contribution in [0.25, 0.3) is 0 Å². The van der Waals surface area contributed by atoms with Gasteiger partial charge in [-0.2, -0.15) is 4.98 Å². The number of anilines is 2. The van der Waals surface area contributed by atoms with Gasteiger partial charge in [0, 0.05) is 29.8 Å². The van der Waals surface area contributed by atoms with Crippen molar-refractivity contribution < 1.29 is 13.5 Å². The predicted octanol–water partition coefficient (Wildman–Crippen LogP) is 4.83. The van der Waals surface area contributed by atoms with Crippen LogP contribution in [-0.2, 0) is 6.54 Å². The average Bonchev–Trinajstić information content (AvgIpc) is 2.63. The zero-order chi connectivity index (χ0) is 19.6. The van der Waals surface area contributed by atoms with Gasteiger partial charge >= 0.3 is 5.56 Å². The van der Waals surface area contributed by atoms with Crippen LogP contribution in [0.5, 0.6) is 5.75 Å². The molecule has 0 radical (unpaired) electrons. The van der Waals surface area contributed by atoms with Crippen molar-refractivity contribution in [2.24, 2.45) is 0 Å². The number of nitrogens with one attached hydrogen (secondary N) is 1. The van der Waals surface area contributed by atoms with Crippen molar-refractivity contribution in [2.75, 3.05) is 12.4 Å². The van der Waals surface area contributed by atoms with Crippen LogP contribution >= 0.6 is 11.6 Å². The third kappa shape index (κ3) is 4.19. The summed E-state index contributed by atoms with van der Waals surface area (Å²) in [5, 5.41) is 3.62. The highest BCUT2D eigenvalue weighted by atomic mass is 35.5. The Labute approximate surface area is 159 Å². The molecule has 0 fully saturated rings. The third-order valence-electron chi connectivity index (χ3n) is 4.35. The lowest BCUT2D eigenvalue weighted by Crippen LogP contribution is -2.19. The van der Waals surface area contributed by atoms with Crippen LogP contribution < -0.4 is 15.6 Å². The molecule has 1 heterocycles. The predicted molar refractivity (Wildman–Crippen MR) is 101 cm³/mol. The number of benzene rings is 1. The van der Waals surface area contributed by atoms with Crippen molar-refractivity contribution in [1.29, 1.82) is 0 Å². The van der Waals surface area contributed by atoms with E-state index >= 15 is 0 Å². The average molecular weight is 394 g/mol. The summed E-state index contributed by atoms with van der Waals surface area (Å²) < 4.78 is 34.0. The first-order valence-electron chi connectivity index (χ1n) is 8.30. The Morgan fingerprint density at radius 1 is 1.33 bits per heavy atom. The molecule has 0 atom stereocenters. The SMILES string of the molecule is COc1cn(CC2=C(F)C=C(F)CC2)c(Nc2cccc(Cl)c2C)nc1=O. The summed E-state index contributed by atoms with van der Waals surface area (Å²) in [6.07, 6.45) is 2.73. The molecule has 2 aromatic rings. The zero-order valence-corrected chi connectivity index (χ0v) is 15.6. The van der Waals surface area contributed by atoms with Crippen LogP contribution in [-0.4, -0.2) is 16.7 Å². The van der Waals surface area contributed by atoms with Gasteiger partial charge in [-0.15, -0.1) is 0 Å². The topological polar surface area (TPSA) is 56.1 Å². The number of halogens is 3. The fourth-order valence-corrected chi connectivity index (χ4v) is 2.93. The van der Waals surface area contributed by atoms with Crippen LogP contribution in [0.1, 0.15) is 18.4 Å². The van der Waals surface area contributed by atoms with Crippen molar-refractivity contribution in [3.05, 3.63) is 68.6 Å². The minimum atomic E-state index is -0.610. The maximum absolute atomic E-state index is 14.1. The van der Waals surface area contributed by atoms with Gasteiger partial charge in [0.25, 0.3) is 0 Å². The Hall–Kier alpha value is -2.67. The van der Waals surface area contributed by atoms with E-state index < -0.39 is 17.2 Å². The van der Waals surface area contributed by atoms with E-state index in [0.29, 0.717) is 16.3 Å². The maximum Gasteiger partial charge on any atom is 0.316 e. The highest BCUT2D eigenvalue weighted by Crippen LogP contribution is 2.29. The molecular weight excluding hydrogens is 376 g/mol. The van der Waals surface area contributed by atoms with Crippen LogP contribution in [0.15, 0.2) is 52.5 Å². The molecule has 0 amide bonds. The van der Waals surface area contributed by atoms with Gasteiger partial charge in [-0.25, -0.2) is 8.78 Å². The number of allylic oxidation sites excluding steroid dienone is 4. The fourth-order valence-electron chi connectivity index (χ4n) is 2.76. The van der Waals surface area contributed by atoms with Gasteiger partial charge in [0.05, 0.1) is 13.3 Å². The molecule has 5 nitrogen and oxygen atoms in total. The van der Waals surface area contributed by atoms with Crippen LogP contribution in [0.3, 0.4) is 0 Å². The highest BCUT2D eigenvalue weighted by Gasteiger charge is 2.17. The molecule has 0 spiro atoms. The largest absolute Gasteiger partial charge is 0.490 e. The molecule has 1 aliphatic carbocycles. The Morgan fingerprint density at radius 3 is 2.81 bits per heavy atom. The molecule has 27 heavy (non-hydrogen) atoms. The first-order valence-corrected chi connectivity index (χ1v) is 8.68. The van der Waals surface area contributed by atoms with E-state index in [9.17, 15) is 13.6 Å². The first-order chi connectivity index (χ1) is 12.9. The number of methoxy groups -OCH3 is 1. The number of aromatic nitrogens is 2. The molecule has 0 aliphatic heterocycles.